The summed E-state index contributed by atoms with van der Waals surface area (Å²) in [5.74, 6) is 0.890. The molecule has 2 N–H and O–H groups in total. The van der Waals surface area contributed by atoms with E-state index in [1.807, 2.05) is 36.4 Å². The van der Waals surface area contributed by atoms with Crippen LogP contribution >= 0.6 is 12.2 Å². The van der Waals surface area contributed by atoms with E-state index in [1.54, 1.807) is 7.11 Å². The Bertz CT molecular complexity index is 646. The molecular formula is C19H25N3OS. The Morgan fingerprint density at radius 2 is 1.71 bits per heavy atom. The summed E-state index contributed by atoms with van der Waals surface area (Å²) in [7, 11) is 5.81. The number of thiocarbonyl (C=S) groups is 1. The molecule has 0 aliphatic heterocycles. The van der Waals surface area contributed by atoms with Gasteiger partial charge in [0, 0.05) is 18.7 Å². The largest absolute Gasteiger partial charge is 0.496 e. The molecule has 0 radical (unpaired) electrons. The van der Waals surface area contributed by atoms with Crippen LogP contribution in [0, 0.1) is 0 Å². The van der Waals surface area contributed by atoms with Crippen molar-refractivity contribution in [3.05, 3.63) is 65.7 Å². The van der Waals surface area contributed by atoms with E-state index in [1.165, 1.54) is 5.56 Å². The van der Waals surface area contributed by atoms with Gasteiger partial charge in [-0.1, -0.05) is 48.5 Å². The number of nitrogens with zero attached hydrogens (tertiary/aromatic N) is 1. The van der Waals surface area contributed by atoms with Gasteiger partial charge >= 0.3 is 0 Å². The van der Waals surface area contributed by atoms with Crippen molar-refractivity contribution in [2.24, 2.45) is 0 Å². The summed E-state index contributed by atoms with van der Waals surface area (Å²) in [5.41, 5.74) is 2.35. The van der Waals surface area contributed by atoms with Gasteiger partial charge in [0.15, 0.2) is 5.11 Å². The highest BCUT2D eigenvalue weighted by Gasteiger charge is 2.18. The summed E-state index contributed by atoms with van der Waals surface area (Å²) in [4.78, 5) is 2.16. The SMILES string of the molecule is COc1ccccc1[C@@H](CNC(=S)NCc1ccccc1)N(C)C. The lowest BCUT2D eigenvalue weighted by Gasteiger charge is -2.27. The fourth-order valence-electron chi connectivity index (χ4n) is 2.54. The van der Waals surface area contributed by atoms with Gasteiger partial charge in [0.1, 0.15) is 5.75 Å². The van der Waals surface area contributed by atoms with Crippen LogP contribution < -0.4 is 15.4 Å². The highest BCUT2D eigenvalue weighted by atomic mass is 32.1. The number of nitrogens with one attached hydrogen (secondary N) is 2. The lowest BCUT2D eigenvalue weighted by molar-refractivity contribution is 0.288. The summed E-state index contributed by atoms with van der Waals surface area (Å²) in [5, 5.41) is 7.20. The molecule has 5 heteroatoms. The lowest BCUT2D eigenvalue weighted by atomic mass is 10.0. The summed E-state index contributed by atoms with van der Waals surface area (Å²) in [6.45, 7) is 1.42. The van der Waals surface area contributed by atoms with Gasteiger partial charge < -0.3 is 20.3 Å². The van der Waals surface area contributed by atoms with E-state index in [0.717, 1.165) is 11.3 Å². The van der Waals surface area contributed by atoms with Crippen LogP contribution in [0.3, 0.4) is 0 Å². The van der Waals surface area contributed by atoms with E-state index in [2.05, 4.69) is 47.8 Å². The Morgan fingerprint density at radius 1 is 1.04 bits per heavy atom. The number of rotatable bonds is 7. The van der Waals surface area contributed by atoms with Gasteiger partial charge in [-0.2, -0.15) is 0 Å². The van der Waals surface area contributed by atoms with Crippen LogP contribution in [0.15, 0.2) is 54.6 Å². The molecule has 128 valence electrons. The first-order valence-corrected chi connectivity index (χ1v) is 8.37. The number of hydrogen-bond acceptors (Lipinski definition) is 3. The average Bonchev–Trinajstić information content (AvgIpc) is 2.61. The Balaban J connectivity index is 1.93. The minimum Gasteiger partial charge on any atom is -0.496 e. The van der Waals surface area contributed by atoms with Gasteiger partial charge in [0.25, 0.3) is 0 Å². The molecule has 2 aromatic rings. The number of likely N-dealkylation sites (N-methyl/N-ethyl adjacent to an activating group) is 1. The van der Waals surface area contributed by atoms with E-state index in [-0.39, 0.29) is 6.04 Å². The maximum atomic E-state index is 5.49. The minimum atomic E-state index is 0.164. The van der Waals surface area contributed by atoms with Gasteiger partial charge in [-0.15, -0.1) is 0 Å². The van der Waals surface area contributed by atoms with Crippen molar-refractivity contribution in [2.75, 3.05) is 27.7 Å². The fourth-order valence-corrected chi connectivity index (χ4v) is 2.70. The summed E-state index contributed by atoms with van der Waals surface area (Å²) in [6, 6.07) is 18.5. The molecule has 0 saturated carbocycles. The predicted molar refractivity (Wildman–Crippen MR) is 103 cm³/mol. The van der Waals surface area contributed by atoms with Crippen molar-refractivity contribution >= 4 is 17.3 Å². The standard InChI is InChI=1S/C19H25N3OS/c1-22(2)17(16-11-7-8-12-18(16)23-3)14-21-19(24)20-13-15-9-5-4-6-10-15/h4-12,17H,13-14H2,1-3H3,(H2,20,21,24)/t17-/m1/s1. The summed E-state index contributed by atoms with van der Waals surface area (Å²) < 4.78 is 5.49. The molecule has 4 nitrogen and oxygen atoms in total. The van der Waals surface area contributed by atoms with E-state index >= 15 is 0 Å². The summed E-state index contributed by atoms with van der Waals surface area (Å²) in [6.07, 6.45) is 0. The lowest BCUT2D eigenvalue weighted by Crippen LogP contribution is -2.40. The van der Waals surface area contributed by atoms with Crippen LogP contribution in [0.4, 0.5) is 0 Å². The van der Waals surface area contributed by atoms with Gasteiger partial charge in [0.05, 0.1) is 13.2 Å². The Kier molecular flexibility index (Phi) is 7.03. The van der Waals surface area contributed by atoms with E-state index in [9.17, 15) is 0 Å². The van der Waals surface area contributed by atoms with Crippen LogP contribution in [0.1, 0.15) is 17.2 Å². The molecule has 2 aromatic carbocycles. The Morgan fingerprint density at radius 3 is 2.38 bits per heavy atom. The van der Waals surface area contributed by atoms with Crippen LogP contribution in [-0.2, 0) is 6.54 Å². The highest BCUT2D eigenvalue weighted by molar-refractivity contribution is 7.80. The number of methoxy groups -OCH3 is 1. The molecular weight excluding hydrogens is 318 g/mol. The first-order valence-electron chi connectivity index (χ1n) is 7.96. The Labute approximate surface area is 149 Å². The van der Waals surface area contributed by atoms with Crippen molar-refractivity contribution in [1.82, 2.24) is 15.5 Å². The number of hydrogen-bond donors (Lipinski definition) is 2. The van der Waals surface area contributed by atoms with Crippen molar-refractivity contribution < 1.29 is 4.74 Å². The van der Waals surface area contributed by atoms with Crippen molar-refractivity contribution in [3.8, 4) is 5.75 Å². The Hall–Kier alpha value is -2.11. The van der Waals surface area contributed by atoms with E-state index < -0.39 is 0 Å². The molecule has 0 aliphatic rings. The second kappa shape index (κ2) is 9.25. The number of ether oxygens (including phenoxy) is 1. The third-order valence-electron chi connectivity index (χ3n) is 3.87. The van der Waals surface area contributed by atoms with E-state index in [0.29, 0.717) is 18.2 Å². The first kappa shape index (κ1) is 18.2. The number of para-hydroxylation sites is 1. The fraction of sp³-hybridized carbons (Fsp3) is 0.316. The zero-order chi connectivity index (χ0) is 17.4. The van der Waals surface area contributed by atoms with Crippen molar-refractivity contribution in [3.63, 3.8) is 0 Å². The zero-order valence-electron chi connectivity index (χ0n) is 14.5. The maximum absolute atomic E-state index is 5.49. The third-order valence-corrected chi connectivity index (χ3v) is 4.16. The van der Waals surface area contributed by atoms with Crippen LogP contribution in [-0.4, -0.2) is 37.8 Å². The van der Waals surface area contributed by atoms with Gasteiger partial charge in [0.2, 0.25) is 0 Å². The number of benzene rings is 2. The second-order valence-electron chi connectivity index (χ2n) is 5.77. The van der Waals surface area contributed by atoms with Crippen LogP contribution in [0.25, 0.3) is 0 Å². The quantitative estimate of drug-likeness (QED) is 0.756. The zero-order valence-corrected chi connectivity index (χ0v) is 15.3. The predicted octanol–water partition coefficient (Wildman–Crippen LogP) is 2.96. The highest BCUT2D eigenvalue weighted by Crippen LogP contribution is 2.27. The molecule has 0 aromatic heterocycles. The molecule has 1 atom stereocenters. The van der Waals surface area contributed by atoms with Gasteiger partial charge in [-0.3, -0.25) is 0 Å². The van der Waals surface area contributed by atoms with Crippen LogP contribution in [0.2, 0.25) is 0 Å². The van der Waals surface area contributed by atoms with Crippen molar-refractivity contribution in [2.45, 2.75) is 12.6 Å². The van der Waals surface area contributed by atoms with Crippen molar-refractivity contribution in [1.29, 1.82) is 0 Å². The molecule has 0 bridgehead atoms. The minimum absolute atomic E-state index is 0.164. The molecule has 0 amide bonds. The molecule has 0 aliphatic carbocycles. The molecule has 24 heavy (non-hydrogen) atoms. The maximum Gasteiger partial charge on any atom is 0.166 e. The third kappa shape index (κ3) is 5.22. The second-order valence-corrected chi connectivity index (χ2v) is 6.18. The smallest absolute Gasteiger partial charge is 0.166 e. The molecule has 0 fully saturated rings. The van der Waals surface area contributed by atoms with E-state index in [4.69, 9.17) is 17.0 Å². The van der Waals surface area contributed by atoms with Gasteiger partial charge in [-0.25, -0.2) is 0 Å². The summed E-state index contributed by atoms with van der Waals surface area (Å²) >= 11 is 5.40. The normalized spacial score (nSPS) is 11.8. The average molecular weight is 343 g/mol. The van der Waals surface area contributed by atoms with Gasteiger partial charge in [-0.05, 0) is 37.9 Å². The van der Waals surface area contributed by atoms with Crippen LogP contribution in [0.5, 0.6) is 5.75 Å². The monoisotopic (exact) mass is 343 g/mol. The molecule has 2 rings (SSSR count). The topological polar surface area (TPSA) is 36.5 Å². The molecule has 0 spiro atoms. The molecule has 0 heterocycles. The first-order chi connectivity index (χ1) is 11.6. The molecule has 0 saturated heterocycles. The molecule has 0 unspecified atom stereocenters.